The number of hydrogen-bond acceptors (Lipinski definition) is 2. The minimum atomic E-state index is -0.227. The van der Waals surface area contributed by atoms with E-state index in [1.54, 1.807) is 0 Å². The van der Waals surface area contributed by atoms with Crippen molar-refractivity contribution in [1.82, 2.24) is 4.90 Å². The maximum Gasteiger partial charge on any atom is 0.223 e. The molecule has 1 unspecified atom stereocenters. The molecule has 1 atom stereocenters. The first-order valence-corrected chi connectivity index (χ1v) is 8.03. The molecule has 3 heteroatoms. The Kier molecular flexibility index (Phi) is 5.40. The molecule has 1 aromatic rings. The lowest BCUT2D eigenvalue weighted by Crippen LogP contribution is -2.40. The van der Waals surface area contributed by atoms with Crippen LogP contribution in [0.5, 0.6) is 0 Å². The van der Waals surface area contributed by atoms with Crippen molar-refractivity contribution < 1.29 is 9.90 Å². The highest BCUT2D eigenvalue weighted by molar-refractivity contribution is 5.77. The maximum atomic E-state index is 12.3. The zero-order valence-electron chi connectivity index (χ0n) is 13.4. The predicted molar refractivity (Wildman–Crippen MR) is 85.4 cm³/mol. The number of benzene rings is 1. The molecule has 21 heavy (non-hydrogen) atoms. The second-order valence-electron chi connectivity index (χ2n) is 6.54. The van der Waals surface area contributed by atoms with Crippen LogP contribution in [0.2, 0.25) is 0 Å². The number of aliphatic hydroxyl groups is 1. The van der Waals surface area contributed by atoms with Gasteiger partial charge in [0.05, 0.1) is 6.10 Å². The topological polar surface area (TPSA) is 40.5 Å². The van der Waals surface area contributed by atoms with Crippen LogP contribution in [0.15, 0.2) is 24.3 Å². The first-order valence-electron chi connectivity index (χ1n) is 8.03. The quantitative estimate of drug-likeness (QED) is 0.924. The number of carbonyl (C=O) groups excluding carboxylic acids is 1. The van der Waals surface area contributed by atoms with Gasteiger partial charge in [-0.1, -0.05) is 45.0 Å². The van der Waals surface area contributed by atoms with Gasteiger partial charge >= 0.3 is 0 Å². The number of nitrogens with zero attached hydrogens (tertiary/aromatic N) is 1. The van der Waals surface area contributed by atoms with E-state index in [-0.39, 0.29) is 17.9 Å². The van der Waals surface area contributed by atoms with Gasteiger partial charge in [0.15, 0.2) is 0 Å². The van der Waals surface area contributed by atoms with Crippen LogP contribution in [0.4, 0.5) is 0 Å². The molecule has 3 nitrogen and oxygen atoms in total. The third-order valence-electron chi connectivity index (χ3n) is 4.47. The Balaban J connectivity index is 1.91. The highest BCUT2D eigenvalue weighted by atomic mass is 16.3. The van der Waals surface area contributed by atoms with Crippen LogP contribution in [-0.4, -0.2) is 35.1 Å². The second kappa shape index (κ2) is 7.08. The molecule has 0 spiro atoms. The minimum absolute atomic E-state index is 0.210. The zero-order valence-corrected chi connectivity index (χ0v) is 13.4. The first kappa shape index (κ1) is 16.0. The lowest BCUT2D eigenvalue weighted by molar-refractivity contribution is -0.133. The van der Waals surface area contributed by atoms with Gasteiger partial charge in [-0.25, -0.2) is 0 Å². The number of piperidine rings is 1. The van der Waals surface area contributed by atoms with E-state index < -0.39 is 0 Å². The van der Waals surface area contributed by atoms with Crippen LogP contribution >= 0.6 is 0 Å². The number of carbonyl (C=O) groups is 1. The van der Waals surface area contributed by atoms with E-state index in [0.29, 0.717) is 38.3 Å². The Labute approximate surface area is 128 Å². The average molecular weight is 289 g/mol. The molecule has 1 aliphatic rings. The highest BCUT2D eigenvalue weighted by Crippen LogP contribution is 2.23. The summed E-state index contributed by atoms with van der Waals surface area (Å²) in [7, 11) is 0. The summed E-state index contributed by atoms with van der Waals surface area (Å²) in [5, 5.41) is 9.50. The van der Waals surface area contributed by atoms with Crippen molar-refractivity contribution >= 4 is 5.91 Å². The van der Waals surface area contributed by atoms with Crippen LogP contribution in [0.25, 0.3) is 0 Å². The fraction of sp³-hybridized carbons (Fsp3) is 0.611. The van der Waals surface area contributed by atoms with Gasteiger partial charge < -0.3 is 10.0 Å². The Hall–Kier alpha value is -1.35. The monoisotopic (exact) mass is 289 g/mol. The fourth-order valence-corrected chi connectivity index (χ4v) is 2.83. The SMILES string of the molecule is CC(C)c1ccc(C(C)CC(=O)N2CCC(O)CC2)cc1. The summed E-state index contributed by atoms with van der Waals surface area (Å²) in [5.74, 6) is 0.990. The smallest absolute Gasteiger partial charge is 0.223 e. The molecule has 1 aliphatic heterocycles. The molecular formula is C18H27NO2. The summed E-state index contributed by atoms with van der Waals surface area (Å²) in [4.78, 5) is 14.2. The van der Waals surface area contributed by atoms with E-state index in [2.05, 4.69) is 45.0 Å². The van der Waals surface area contributed by atoms with E-state index in [1.165, 1.54) is 11.1 Å². The van der Waals surface area contributed by atoms with E-state index >= 15 is 0 Å². The van der Waals surface area contributed by atoms with Gasteiger partial charge in [-0.3, -0.25) is 4.79 Å². The van der Waals surface area contributed by atoms with Crippen molar-refractivity contribution in [1.29, 1.82) is 0 Å². The van der Waals surface area contributed by atoms with E-state index in [9.17, 15) is 9.90 Å². The molecule has 1 heterocycles. The van der Waals surface area contributed by atoms with Gasteiger partial charge in [-0.2, -0.15) is 0 Å². The van der Waals surface area contributed by atoms with Crippen molar-refractivity contribution in [2.75, 3.05) is 13.1 Å². The van der Waals surface area contributed by atoms with Crippen LogP contribution in [-0.2, 0) is 4.79 Å². The lowest BCUT2D eigenvalue weighted by atomic mass is 9.93. The van der Waals surface area contributed by atoms with E-state index in [4.69, 9.17) is 0 Å². The van der Waals surface area contributed by atoms with E-state index in [0.717, 1.165) is 0 Å². The van der Waals surface area contributed by atoms with Crippen LogP contribution in [0.3, 0.4) is 0 Å². The zero-order chi connectivity index (χ0) is 15.4. The summed E-state index contributed by atoms with van der Waals surface area (Å²) in [6.07, 6.45) is 1.75. The van der Waals surface area contributed by atoms with Crippen molar-refractivity contribution in [3.8, 4) is 0 Å². The molecule has 0 bridgehead atoms. The molecule has 1 amide bonds. The molecular weight excluding hydrogens is 262 g/mol. The summed E-state index contributed by atoms with van der Waals surface area (Å²) >= 11 is 0. The highest BCUT2D eigenvalue weighted by Gasteiger charge is 2.22. The second-order valence-corrected chi connectivity index (χ2v) is 6.54. The molecule has 0 saturated carbocycles. The summed E-state index contributed by atoms with van der Waals surface area (Å²) < 4.78 is 0. The molecule has 1 saturated heterocycles. The minimum Gasteiger partial charge on any atom is -0.393 e. The van der Waals surface area contributed by atoms with Gasteiger partial charge in [0, 0.05) is 19.5 Å². The third-order valence-corrected chi connectivity index (χ3v) is 4.47. The molecule has 1 aromatic carbocycles. The molecule has 116 valence electrons. The van der Waals surface area contributed by atoms with Crippen molar-refractivity contribution in [3.63, 3.8) is 0 Å². The molecule has 1 N–H and O–H groups in total. The van der Waals surface area contributed by atoms with Gasteiger partial charge in [-0.15, -0.1) is 0 Å². The number of aliphatic hydroxyl groups excluding tert-OH is 1. The predicted octanol–water partition coefficient (Wildman–Crippen LogP) is 3.29. The van der Waals surface area contributed by atoms with Crippen molar-refractivity contribution in [3.05, 3.63) is 35.4 Å². The number of rotatable bonds is 4. The van der Waals surface area contributed by atoms with Gasteiger partial charge in [0.1, 0.15) is 0 Å². The Bertz CT molecular complexity index is 459. The Morgan fingerprint density at radius 2 is 1.67 bits per heavy atom. The van der Waals surface area contributed by atoms with E-state index in [1.807, 2.05) is 4.90 Å². The Morgan fingerprint density at radius 1 is 1.14 bits per heavy atom. The van der Waals surface area contributed by atoms with Crippen LogP contribution < -0.4 is 0 Å². The van der Waals surface area contributed by atoms with Crippen molar-refractivity contribution in [2.24, 2.45) is 0 Å². The molecule has 0 aliphatic carbocycles. The number of likely N-dealkylation sites (tertiary alicyclic amines) is 1. The molecule has 1 fully saturated rings. The number of hydrogen-bond donors (Lipinski definition) is 1. The van der Waals surface area contributed by atoms with Crippen LogP contribution in [0.1, 0.15) is 63.0 Å². The largest absolute Gasteiger partial charge is 0.393 e. The summed E-state index contributed by atoms with van der Waals surface area (Å²) in [5.41, 5.74) is 2.56. The standard InChI is InChI=1S/C18H27NO2/c1-13(2)15-4-6-16(7-5-15)14(3)12-18(21)19-10-8-17(20)9-11-19/h4-7,13-14,17,20H,8-12H2,1-3H3. The maximum absolute atomic E-state index is 12.3. The molecule has 2 rings (SSSR count). The van der Waals surface area contributed by atoms with Crippen LogP contribution in [0, 0.1) is 0 Å². The van der Waals surface area contributed by atoms with Gasteiger partial charge in [-0.05, 0) is 35.8 Å². The summed E-state index contributed by atoms with van der Waals surface area (Å²) in [6, 6.07) is 8.62. The third kappa shape index (κ3) is 4.31. The normalized spacial score (nSPS) is 18.0. The first-order chi connectivity index (χ1) is 9.97. The molecule has 0 radical (unpaired) electrons. The van der Waals surface area contributed by atoms with Gasteiger partial charge in [0.2, 0.25) is 5.91 Å². The number of amides is 1. The Morgan fingerprint density at radius 3 is 2.19 bits per heavy atom. The van der Waals surface area contributed by atoms with Crippen molar-refractivity contribution in [2.45, 2.75) is 58.0 Å². The molecule has 0 aromatic heterocycles. The average Bonchev–Trinajstić information content (AvgIpc) is 2.47. The lowest BCUT2D eigenvalue weighted by Gasteiger charge is -2.30. The van der Waals surface area contributed by atoms with Gasteiger partial charge in [0.25, 0.3) is 0 Å². The summed E-state index contributed by atoms with van der Waals surface area (Å²) in [6.45, 7) is 7.87. The fourth-order valence-electron chi connectivity index (χ4n) is 2.83.